The molecule has 0 saturated carbocycles. The van der Waals surface area contributed by atoms with Gasteiger partial charge in [-0.15, -0.1) is 0 Å². The maximum Gasteiger partial charge on any atom is 0.0648 e. The van der Waals surface area contributed by atoms with E-state index in [1.54, 1.807) is 6.92 Å². The van der Waals surface area contributed by atoms with E-state index in [0.717, 1.165) is 11.1 Å². The van der Waals surface area contributed by atoms with E-state index in [0.29, 0.717) is 20.1 Å². The Kier molecular flexibility index (Phi) is 3.88. The van der Waals surface area contributed by atoms with Crippen LogP contribution in [-0.2, 0) is 5.41 Å². The van der Waals surface area contributed by atoms with Gasteiger partial charge in [0, 0.05) is 0 Å². The van der Waals surface area contributed by atoms with Crippen molar-refractivity contribution in [3.63, 3.8) is 0 Å². The van der Waals surface area contributed by atoms with Crippen LogP contribution >= 0.6 is 46.4 Å². The fourth-order valence-electron chi connectivity index (χ4n) is 1.40. The SMILES string of the molecule is Cc1c(Cl)c(Cl)c(C(C)(C)C)c(Cl)c1Cl. The van der Waals surface area contributed by atoms with Gasteiger partial charge in [0.25, 0.3) is 0 Å². The molecule has 0 aromatic heterocycles. The second kappa shape index (κ2) is 4.33. The van der Waals surface area contributed by atoms with Crippen molar-refractivity contribution in [3.05, 3.63) is 31.2 Å². The van der Waals surface area contributed by atoms with Crippen molar-refractivity contribution in [2.24, 2.45) is 0 Å². The first-order chi connectivity index (χ1) is 6.68. The molecule has 0 radical (unpaired) electrons. The third kappa shape index (κ3) is 2.39. The molecule has 0 spiro atoms. The molecule has 0 aliphatic rings. The fraction of sp³-hybridized carbons (Fsp3) is 0.455. The molecule has 1 rings (SSSR count). The lowest BCUT2D eigenvalue weighted by Crippen LogP contribution is -2.13. The molecular formula is C11H12Cl4. The Morgan fingerprint density at radius 2 is 1.07 bits per heavy atom. The molecule has 0 bridgehead atoms. The fourth-order valence-corrected chi connectivity index (χ4v) is 2.91. The van der Waals surface area contributed by atoms with E-state index < -0.39 is 0 Å². The van der Waals surface area contributed by atoms with Crippen LogP contribution in [0.2, 0.25) is 20.1 Å². The van der Waals surface area contributed by atoms with Crippen LogP contribution in [0.3, 0.4) is 0 Å². The van der Waals surface area contributed by atoms with Gasteiger partial charge in [0.1, 0.15) is 0 Å². The Morgan fingerprint density at radius 3 is 1.33 bits per heavy atom. The quantitative estimate of drug-likeness (QED) is 0.520. The number of benzene rings is 1. The summed E-state index contributed by atoms with van der Waals surface area (Å²) in [6.45, 7) is 7.85. The summed E-state index contributed by atoms with van der Waals surface area (Å²) in [4.78, 5) is 0. The van der Waals surface area contributed by atoms with Gasteiger partial charge in [-0.3, -0.25) is 0 Å². The number of hydrogen-bond acceptors (Lipinski definition) is 0. The predicted octanol–water partition coefficient (Wildman–Crippen LogP) is 5.91. The van der Waals surface area contributed by atoms with Gasteiger partial charge in [0.15, 0.2) is 0 Å². The maximum atomic E-state index is 6.19. The van der Waals surface area contributed by atoms with Crippen LogP contribution in [0.1, 0.15) is 31.9 Å². The minimum absolute atomic E-state index is 0.185. The molecule has 0 fully saturated rings. The first kappa shape index (κ1) is 13.4. The molecule has 0 N–H and O–H groups in total. The lowest BCUT2D eigenvalue weighted by Gasteiger charge is -2.24. The summed E-state index contributed by atoms with van der Waals surface area (Å²) in [6, 6.07) is 0. The van der Waals surface area contributed by atoms with Crippen LogP contribution < -0.4 is 0 Å². The number of rotatable bonds is 0. The van der Waals surface area contributed by atoms with E-state index in [9.17, 15) is 0 Å². The smallest absolute Gasteiger partial charge is 0.0648 e. The summed E-state index contributed by atoms with van der Waals surface area (Å²) in [6.07, 6.45) is 0. The first-order valence-corrected chi connectivity index (χ1v) is 6.02. The van der Waals surface area contributed by atoms with E-state index in [-0.39, 0.29) is 5.41 Å². The minimum atomic E-state index is -0.185. The lowest BCUT2D eigenvalue weighted by atomic mass is 9.86. The summed E-state index contributed by atoms with van der Waals surface area (Å²) in [5.74, 6) is 0. The molecule has 1 aromatic rings. The highest BCUT2D eigenvalue weighted by Gasteiger charge is 2.26. The summed E-state index contributed by atoms with van der Waals surface area (Å²) in [7, 11) is 0. The minimum Gasteiger partial charge on any atom is -0.0824 e. The molecule has 0 nitrogen and oxygen atoms in total. The molecule has 84 valence electrons. The summed E-state index contributed by atoms with van der Waals surface area (Å²) < 4.78 is 0. The van der Waals surface area contributed by atoms with E-state index in [2.05, 4.69) is 0 Å². The predicted molar refractivity (Wildman–Crippen MR) is 69.9 cm³/mol. The van der Waals surface area contributed by atoms with Crippen molar-refractivity contribution in [1.82, 2.24) is 0 Å². The Hall–Kier alpha value is 0.380. The van der Waals surface area contributed by atoms with Gasteiger partial charge in [-0.1, -0.05) is 67.2 Å². The molecule has 15 heavy (non-hydrogen) atoms. The monoisotopic (exact) mass is 284 g/mol. The van der Waals surface area contributed by atoms with Crippen LogP contribution in [0.15, 0.2) is 0 Å². The summed E-state index contributed by atoms with van der Waals surface area (Å²) in [5, 5.41) is 1.96. The Morgan fingerprint density at radius 1 is 0.733 bits per heavy atom. The average Bonchev–Trinajstić information content (AvgIpc) is 2.09. The first-order valence-electron chi connectivity index (χ1n) is 4.51. The van der Waals surface area contributed by atoms with Crippen molar-refractivity contribution >= 4 is 46.4 Å². The van der Waals surface area contributed by atoms with Crippen LogP contribution in [0.5, 0.6) is 0 Å². The molecule has 1 aromatic carbocycles. The summed E-state index contributed by atoms with van der Waals surface area (Å²) in [5.41, 5.74) is 1.34. The molecule has 0 saturated heterocycles. The largest absolute Gasteiger partial charge is 0.0824 e. The Bertz CT molecular complexity index is 373. The molecule has 0 aliphatic heterocycles. The zero-order chi connectivity index (χ0) is 12.0. The third-order valence-electron chi connectivity index (χ3n) is 2.23. The van der Waals surface area contributed by atoms with Crippen molar-refractivity contribution in [1.29, 1.82) is 0 Å². The van der Waals surface area contributed by atoms with Crippen molar-refractivity contribution < 1.29 is 0 Å². The van der Waals surface area contributed by atoms with Crippen molar-refractivity contribution in [2.75, 3.05) is 0 Å². The van der Waals surface area contributed by atoms with Gasteiger partial charge >= 0.3 is 0 Å². The van der Waals surface area contributed by atoms with Gasteiger partial charge in [0.05, 0.1) is 20.1 Å². The van der Waals surface area contributed by atoms with Gasteiger partial charge in [0.2, 0.25) is 0 Å². The van der Waals surface area contributed by atoms with Gasteiger partial charge in [-0.2, -0.15) is 0 Å². The molecule has 0 aliphatic carbocycles. The van der Waals surface area contributed by atoms with Crippen LogP contribution in [-0.4, -0.2) is 0 Å². The van der Waals surface area contributed by atoms with Gasteiger partial charge < -0.3 is 0 Å². The molecule has 0 heterocycles. The standard InChI is InChI=1S/C11H12Cl4/c1-5-7(12)9(14)6(11(2,3)4)10(15)8(5)13/h1-4H3. The maximum absolute atomic E-state index is 6.19. The zero-order valence-corrected chi connectivity index (χ0v) is 12.0. The topological polar surface area (TPSA) is 0 Å². The molecule has 0 unspecified atom stereocenters. The van der Waals surface area contributed by atoms with Gasteiger partial charge in [-0.05, 0) is 23.5 Å². The highest BCUT2D eigenvalue weighted by molar-refractivity contribution is 6.49. The van der Waals surface area contributed by atoms with Crippen LogP contribution in [0, 0.1) is 6.92 Å². The van der Waals surface area contributed by atoms with Crippen LogP contribution in [0.4, 0.5) is 0 Å². The van der Waals surface area contributed by atoms with Crippen molar-refractivity contribution in [2.45, 2.75) is 33.1 Å². The van der Waals surface area contributed by atoms with E-state index in [4.69, 9.17) is 46.4 Å². The highest BCUT2D eigenvalue weighted by atomic mass is 35.5. The molecule has 0 atom stereocenters. The van der Waals surface area contributed by atoms with Crippen LogP contribution in [0.25, 0.3) is 0 Å². The molecule has 4 heteroatoms. The zero-order valence-electron chi connectivity index (χ0n) is 9.01. The van der Waals surface area contributed by atoms with Crippen molar-refractivity contribution in [3.8, 4) is 0 Å². The van der Waals surface area contributed by atoms with E-state index in [1.165, 1.54) is 0 Å². The molecular weight excluding hydrogens is 274 g/mol. The summed E-state index contributed by atoms with van der Waals surface area (Å²) >= 11 is 24.6. The Balaban J connectivity index is 3.68. The number of halogens is 4. The molecule has 0 amide bonds. The Labute approximate surface area is 110 Å². The number of hydrogen-bond donors (Lipinski definition) is 0. The average molecular weight is 286 g/mol. The lowest BCUT2D eigenvalue weighted by molar-refractivity contribution is 0.590. The second-order valence-corrected chi connectivity index (χ2v) is 6.02. The van der Waals surface area contributed by atoms with E-state index in [1.807, 2.05) is 20.8 Å². The third-order valence-corrected chi connectivity index (χ3v) is 4.13. The second-order valence-electron chi connectivity index (χ2n) is 4.51. The highest BCUT2D eigenvalue weighted by Crippen LogP contribution is 2.45. The van der Waals surface area contributed by atoms with E-state index >= 15 is 0 Å². The normalized spacial score (nSPS) is 12.0. The van der Waals surface area contributed by atoms with Gasteiger partial charge in [-0.25, -0.2) is 0 Å².